The fourth-order valence-corrected chi connectivity index (χ4v) is 4.72. The highest BCUT2D eigenvalue weighted by Gasteiger charge is 2.34. The Morgan fingerprint density at radius 1 is 1.26 bits per heavy atom. The molecule has 1 aromatic rings. The summed E-state index contributed by atoms with van der Waals surface area (Å²) < 4.78 is 0. The molecule has 3 heterocycles. The molecule has 0 aliphatic carbocycles. The number of nitrogens with one attached hydrogen (secondary N) is 3. The van der Waals surface area contributed by atoms with E-state index in [4.69, 9.17) is 0 Å². The van der Waals surface area contributed by atoms with E-state index in [1.807, 2.05) is 18.0 Å². The first-order chi connectivity index (χ1) is 11.1. The molecule has 3 rings (SSSR count). The first kappa shape index (κ1) is 16.9. The quantitative estimate of drug-likeness (QED) is 0.718. The van der Waals surface area contributed by atoms with Crippen molar-refractivity contribution in [1.82, 2.24) is 4.98 Å². The SMILES string of the molecule is Cc1cnc(NC(=O)[C@H](C)[NH+]2CCC([NH+]3CCCCC3)CC2)s1. The smallest absolute Gasteiger partial charge is 0.284 e. The Hall–Kier alpha value is -0.980. The van der Waals surface area contributed by atoms with Gasteiger partial charge in [-0.15, -0.1) is 11.3 Å². The fourth-order valence-electron chi connectivity index (χ4n) is 4.06. The van der Waals surface area contributed by atoms with Crippen LogP contribution in [0.25, 0.3) is 0 Å². The highest BCUT2D eigenvalue weighted by molar-refractivity contribution is 7.15. The molecule has 2 fully saturated rings. The first-order valence-electron chi connectivity index (χ1n) is 9.06. The van der Waals surface area contributed by atoms with Gasteiger partial charge in [-0.05, 0) is 33.1 Å². The summed E-state index contributed by atoms with van der Waals surface area (Å²) in [6, 6.07) is 0.840. The number of thiazole rings is 1. The molecule has 5 nitrogen and oxygen atoms in total. The van der Waals surface area contributed by atoms with E-state index < -0.39 is 0 Å². The van der Waals surface area contributed by atoms with Crippen molar-refractivity contribution in [3.63, 3.8) is 0 Å². The summed E-state index contributed by atoms with van der Waals surface area (Å²) in [5, 5.41) is 3.70. The normalized spacial score (nSPS) is 27.6. The van der Waals surface area contributed by atoms with E-state index >= 15 is 0 Å². The number of anilines is 1. The topological polar surface area (TPSA) is 50.9 Å². The lowest BCUT2D eigenvalue weighted by molar-refractivity contribution is -0.965. The van der Waals surface area contributed by atoms with Gasteiger partial charge < -0.3 is 9.80 Å². The Bertz CT molecular complexity index is 518. The summed E-state index contributed by atoms with van der Waals surface area (Å²) in [7, 11) is 0. The molecule has 0 bridgehead atoms. The van der Waals surface area contributed by atoms with E-state index in [-0.39, 0.29) is 11.9 Å². The van der Waals surface area contributed by atoms with Crippen LogP contribution in [0, 0.1) is 6.92 Å². The maximum atomic E-state index is 12.4. The lowest BCUT2D eigenvalue weighted by atomic mass is 9.99. The number of aryl methyl sites for hydroxylation is 1. The number of carbonyl (C=O) groups excluding carboxylic acids is 1. The summed E-state index contributed by atoms with van der Waals surface area (Å²) in [4.78, 5) is 21.1. The minimum atomic E-state index is 0.0107. The van der Waals surface area contributed by atoms with Gasteiger partial charge in [0.05, 0.1) is 32.2 Å². The van der Waals surface area contributed by atoms with Crippen LogP contribution in [0.4, 0.5) is 5.13 Å². The first-order valence-corrected chi connectivity index (χ1v) is 9.87. The van der Waals surface area contributed by atoms with Gasteiger partial charge in [0.15, 0.2) is 11.2 Å². The molecule has 128 valence electrons. The van der Waals surface area contributed by atoms with Crippen LogP contribution in [0.15, 0.2) is 6.20 Å². The molecule has 1 atom stereocenters. The summed E-state index contributed by atoms with van der Waals surface area (Å²) in [5.41, 5.74) is 0. The third-order valence-electron chi connectivity index (χ3n) is 5.56. The molecular formula is C17H30N4OS+2. The van der Waals surface area contributed by atoms with Gasteiger partial charge in [0.1, 0.15) is 0 Å². The van der Waals surface area contributed by atoms with Crippen LogP contribution in [-0.4, -0.2) is 49.2 Å². The molecule has 1 amide bonds. The summed E-state index contributed by atoms with van der Waals surface area (Å²) in [6.45, 7) is 9.03. The standard InChI is InChI=1S/C17H28N4OS/c1-13-12-18-17(23-13)19-16(22)14(2)20-10-6-15(7-11-20)21-8-4-3-5-9-21/h12,14-15H,3-11H2,1-2H3,(H,18,19,22)/p+2/t14-/m0/s1. The van der Waals surface area contributed by atoms with Crippen molar-refractivity contribution in [3.05, 3.63) is 11.1 Å². The zero-order valence-corrected chi connectivity index (χ0v) is 15.2. The maximum Gasteiger partial charge on any atom is 0.284 e. The monoisotopic (exact) mass is 338 g/mol. The average Bonchev–Trinajstić information content (AvgIpc) is 3.00. The number of rotatable bonds is 4. The minimum Gasteiger partial charge on any atom is -0.332 e. The third-order valence-corrected chi connectivity index (χ3v) is 6.39. The van der Waals surface area contributed by atoms with Crippen LogP contribution in [0.5, 0.6) is 0 Å². The van der Waals surface area contributed by atoms with Gasteiger partial charge in [0.25, 0.3) is 5.91 Å². The van der Waals surface area contributed by atoms with E-state index in [0.29, 0.717) is 0 Å². The van der Waals surface area contributed by atoms with E-state index in [1.54, 1.807) is 11.3 Å². The second kappa shape index (κ2) is 7.73. The van der Waals surface area contributed by atoms with E-state index in [1.165, 1.54) is 50.1 Å². The van der Waals surface area contributed by atoms with Gasteiger partial charge in [-0.25, -0.2) is 4.98 Å². The highest BCUT2D eigenvalue weighted by Crippen LogP contribution is 2.16. The zero-order chi connectivity index (χ0) is 16.2. The Labute approximate surface area is 143 Å². The Morgan fingerprint density at radius 3 is 2.57 bits per heavy atom. The van der Waals surface area contributed by atoms with Crippen LogP contribution < -0.4 is 15.1 Å². The van der Waals surface area contributed by atoms with Gasteiger partial charge in [-0.2, -0.15) is 0 Å². The van der Waals surface area contributed by atoms with Crippen molar-refractivity contribution in [3.8, 4) is 0 Å². The lowest BCUT2D eigenvalue weighted by Gasteiger charge is -2.37. The van der Waals surface area contributed by atoms with Gasteiger partial charge in [0, 0.05) is 23.9 Å². The number of carbonyl (C=O) groups is 1. The van der Waals surface area contributed by atoms with E-state index in [9.17, 15) is 4.79 Å². The molecule has 2 aliphatic rings. The number of hydrogen-bond acceptors (Lipinski definition) is 3. The Kier molecular flexibility index (Phi) is 5.67. The van der Waals surface area contributed by atoms with Crippen molar-refractivity contribution < 1.29 is 14.6 Å². The predicted molar refractivity (Wildman–Crippen MR) is 93.2 cm³/mol. The van der Waals surface area contributed by atoms with Crippen molar-refractivity contribution >= 4 is 22.4 Å². The molecule has 23 heavy (non-hydrogen) atoms. The van der Waals surface area contributed by atoms with Crippen LogP contribution in [0.3, 0.4) is 0 Å². The Balaban J connectivity index is 1.47. The molecule has 2 aliphatic heterocycles. The maximum absolute atomic E-state index is 12.4. The van der Waals surface area contributed by atoms with Gasteiger partial charge in [-0.3, -0.25) is 10.1 Å². The van der Waals surface area contributed by atoms with Crippen molar-refractivity contribution in [2.45, 2.75) is 58.0 Å². The summed E-state index contributed by atoms with van der Waals surface area (Å²) >= 11 is 1.54. The van der Waals surface area contributed by atoms with Crippen molar-refractivity contribution in [1.29, 1.82) is 0 Å². The lowest BCUT2D eigenvalue weighted by Crippen LogP contribution is -3.22. The second-order valence-electron chi connectivity index (χ2n) is 7.14. The number of hydrogen-bond donors (Lipinski definition) is 3. The fraction of sp³-hybridized carbons (Fsp3) is 0.765. The molecule has 0 radical (unpaired) electrons. The minimum absolute atomic E-state index is 0.0107. The second-order valence-corrected chi connectivity index (χ2v) is 8.37. The van der Waals surface area contributed by atoms with Crippen LogP contribution >= 0.6 is 11.3 Å². The van der Waals surface area contributed by atoms with Crippen LogP contribution in [0.2, 0.25) is 0 Å². The molecule has 0 saturated carbocycles. The third kappa shape index (κ3) is 4.31. The van der Waals surface area contributed by atoms with E-state index in [0.717, 1.165) is 29.1 Å². The number of quaternary nitrogens is 2. The molecule has 0 unspecified atom stereocenters. The largest absolute Gasteiger partial charge is 0.332 e. The number of amides is 1. The van der Waals surface area contributed by atoms with Crippen LogP contribution in [0.1, 0.15) is 43.9 Å². The van der Waals surface area contributed by atoms with Crippen molar-refractivity contribution in [2.24, 2.45) is 0 Å². The highest BCUT2D eigenvalue weighted by atomic mass is 32.1. The van der Waals surface area contributed by atoms with Gasteiger partial charge in [0.2, 0.25) is 0 Å². The summed E-state index contributed by atoms with van der Waals surface area (Å²) in [5.74, 6) is 0.109. The number of aromatic nitrogens is 1. The van der Waals surface area contributed by atoms with Crippen LogP contribution in [-0.2, 0) is 4.79 Å². The van der Waals surface area contributed by atoms with E-state index in [2.05, 4.69) is 17.2 Å². The van der Waals surface area contributed by atoms with Gasteiger partial charge in [-0.1, -0.05) is 0 Å². The predicted octanol–water partition coefficient (Wildman–Crippen LogP) is -0.105. The number of likely N-dealkylation sites (tertiary alicyclic amines) is 2. The molecule has 2 saturated heterocycles. The molecular weight excluding hydrogens is 308 g/mol. The number of piperidine rings is 2. The molecule has 0 aromatic carbocycles. The van der Waals surface area contributed by atoms with Crippen molar-refractivity contribution in [2.75, 3.05) is 31.5 Å². The molecule has 0 spiro atoms. The summed E-state index contributed by atoms with van der Waals surface area (Å²) in [6.07, 6.45) is 8.55. The molecule has 3 N–H and O–H groups in total. The zero-order valence-electron chi connectivity index (χ0n) is 14.4. The average molecular weight is 339 g/mol. The van der Waals surface area contributed by atoms with Gasteiger partial charge >= 0.3 is 0 Å². The Morgan fingerprint density at radius 2 is 1.96 bits per heavy atom. The number of nitrogens with zero attached hydrogens (tertiary/aromatic N) is 1. The molecule has 1 aromatic heterocycles. The molecule has 6 heteroatoms.